The summed E-state index contributed by atoms with van der Waals surface area (Å²) in [5, 5.41) is 9.38. The molecule has 0 fully saturated rings. The van der Waals surface area contributed by atoms with E-state index in [1.165, 1.54) is 29.2 Å². The number of hydrogen-bond acceptors (Lipinski definition) is 2. The van der Waals surface area contributed by atoms with E-state index in [4.69, 9.17) is 0 Å². The number of carbonyl (C=O) groups is 1. The van der Waals surface area contributed by atoms with Crippen LogP contribution in [0.5, 0.6) is 0 Å². The second-order valence-corrected chi connectivity index (χ2v) is 5.66. The molecule has 0 bridgehead atoms. The van der Waals surface area contributed by atoms with Crippen LogP contribution in [-0.2, 0) is 23.9 Å². The lowest BCUT2D eigenvalue weighted by molar-refractivity contribution is -0.138. The molecule has 1 aliphatic heterocycles. The first-order valence-corrected chi connectivity index (χ1v) is 7.20. The van der Waals surface area contributed by atoms with Crippen LogP contribution in [0.3, 0.4) is 0 Å². The van der Waals surface area contributed by atoms with Gasteiger partial charge in [-0.05, 0) is 41.5 Å². The molecule has 1 N–H and O–H groups in total. The zero-order valence-electron chi connectivity index (χ0n) is 12.3. The summed E-state index contributed by atoms with van der Waals surface area (Å²) in [7, 11) is 0. The number of rotatable bonds is 3. The molecule has 2 aromatic carbocycles. The third-order valence-electron chi connectivity index (χ3n) is 4.03. The lowest BCUT2D eigenvalue weighted by Gasteiger charge is -2.25. The number of hydrogen-bond donors (Lipinski definition) is 1. The van der Waals surface area contributed by atoms with Gasteiger partial charge in [0.15, 0.2) is 0 Å². The summed E-state index contributed by atoms with van der Waals surface area (Å²) < 4.78 is 51.8. The lowest BCUT2D eigenvalue weighted by atomic mass is 10.1. The van der Waals surface area contributed by atoms with Gasteiger partial charge in [-0.25, -0.2) is 9.18 Å². The zero-order valence-corrected chi connectivity index (χ0v) is 12.3. The van der Waals surface area contributed by atoms with Crippen molar-refractivity contribution in [1.29, 1.82) is 0 Å². The Morgan fingerprint density at radius 3 is 2.58 bits per heavy atom. The Morgan fingerprint density at radius 2 is 1.96 bits per heavy atom. The van der Waals surface area contributed by atoms with Crippen LogP contribution in [-0.4, -0.2) is 17.1 Å². The summed E-state index contributed by atoms with van der Waals surface area (Å²) in [4.78, 5) is 13.0. The van der Waals surface area contributed by atoms with E-state index >= 15 is 0 Å². The molecule has 24 heavy (non-hydrogen) atoms. The molecule has 2 aromatic rings. The van der Waals surface area contributed by atoms with Gasteiger partial charge in [0, 0.05) is 18.7 Å². The minimum atomic E-state index is -4.48. The molecule has 0 spiro atoms. The Bertz CT molecular complexity index is 788. The van der Waals surface area contributed by atoms with Gasteiger partial charge in [-0.1, -0.05) is 12.1 Å². The van der Waals surface area contributed by atoms with E-state index in [0.29, 0.717) is 16.8 Å². The first kappa shape index (κ1) is 16.3. The number of halogens is 4. The van der Waals surface area contributed by atoms with Gasteiger partial charge >= 0.3 is 12.1 Å². The Hall–Kier alpha value is -2.57. The minimum absolute atomic E-state index is 0.0239. The number of nitrogens with zero attached hydrogens (tertiary/aromatic N) is 1. The molecule has 1 atom stereocenters. The number of carboxylic acid groups (broad SMARTS) is 1. The van der Waals surface area contributed by atoms with Gasteiger partial charge in [0.05, 0.1) is 5.56 Å². The fraction of sp³-hybridized carbons (Fsp3) is 0.235. The molecule has 0 aromatic heterocycles. The van der Waals surface area contributed by atoms with Crippen molar-refractivity contribution in [3.8, 4) is 0 Å². The van der Waals surface area contributed by atoms with Crippen LogP contribution in [0.4, 0.5) is 23.2 Å². The molecule has 0 aliphatic carbocycles. The van der Waals surface area contributed by atoms with Crippen LogP contribution < -0.4 is 4.90 Å². The monoisotopic (exact) mass is 339 g/mol. The molecular weight excluding hydrogens is 326 g/mol. The van der Waals surface area contributed by atoms with Gasteiger partial charge in [0.2, 0.25) is 0 Å². The summed E-state index contributed by atoms with van der Waals surface area (Å²) in [5.41, 5.74) is 0.500. The zero-order chi connectivity index (χ0) is 17.5. The minimum Gasteiger partial charge on any atom is -0.480 e. The third kappa shape index (κ3) is 3.06. The van der Waals surface area contributed by atoms with Crippen LogP contribution >= 0.6 is 0 Å². The number of fused-ring (bicyclic) bond motifs is 1. The van der Waals surface area contributed by atoms with Crippen molar-refractivity contribution in [2.75, 3.05) is 4.90 Å². The molecule has 126 valence electrons. The van der Waals surface area contributed by atoms with Gasteiger partial charge in [0.25, 0.3) is 0 Å². The Balaban J connectivity index is 1.97. The van der Waals surface area contributed by atoms with Crippen molar-refractivity contribution < 1.29 is 27.5 Å². The molecule has 0 saturated heterocycles. The number of benzene rings is 2. The smallest absolute Gasteiger partial charge is 0.416 e. The standard InChI is InChI=1S/C17H13F4NO2/c18-13-3-1-2-10(6-13)9-22-14-5-4-12(17(19,20)21)7-11(14)8-15(22)16(23)24/h1-7,15H,8-9H2,(H,23,24). The fourth-order valence-electron chi connectivity index (χ4n) is 2.94. The quantitative estimate of drug-likeness (QED) is 0.864. The predicted octanol–water partition coefficient (Wildman–Crippen LogP) is 3.86. The van der Waals surface area contributed by atoms with Crippen LogP contribution in [0.2, 0.25) is 0 Å². The molecule has 0 saturated carbocycles. The number of anilines is 1. The summed E-state index contributed by atoms with van der Waals surface area (Å²) >= 11 is 0. The highest BCUT2D eigenvalue weighted by atomic mass is 19.4. The molecule has 1 unspecified atom stereocenters. The van der Waals surface area contributed by atoms with E-state index in [-0.39, 0.29) is 13.0 Å². The third-order valence-corrected chi connectivity index (χ3v) is 4.03. The van der Waals surface area contributed by atoms with E-state index in [0.717, 1.165) is 12.1 Å². The molecule has 0 radical (unpaired) electrons. The van der Waals surface area contributed by atoms with Gasteiger partial charge in [-0.2, -0.15) is 13.2 Å². The molecule has 1 heterocycles. The van der Waals surface area contributed by atoms with Crippen molar-refractivity contribution >= 4 is 11.7 Å². The molecular formula is C17H13F4NO2. The molecule has 7 heteroatoms. The molecule has 1 aliphatic rings. The van der Waals surface area contributed by atoms with Gasteiger partial charge in [0.1, 0.15) is 11.9 Å². The number of aliphatic carboxylic acids is 1. The predicted molar refractivity (Wildman–Crippen MR) is 79.2 cm³/mol. The topological polar surface area (TPSA) is 40.5 Å². The van der Waals surface area contributed by atoms with Crippen molar-refractivity contribution in [1.82, 2.24) is 0 Å². The highest BCUT2D eigenvalue weighted by Crippen LogP contribution is 2.38. The first-order chi connectivity index (χ1) is 11.3. The summed E-state index contributed by atoms with van der Waals surface area (Å²) in [6, 6.07) is 7.91. The van der Waals surface area contributed by atoms with E-state index in [2.05, 4.69) is 0 Å². The van der Waals surface area contributed by atoms with Crippen LogP contribution in [0.25, 0.3) is 0 Å². The SMILES string of the molecule is O=C(O)C1Cc2cc(C(F)(F)F)ccc2N1Cc1cccc(F)c1. The van der Waals surface area contributed by atoms with Crippen molar-refractivity contribution in [3.05, 3.63) is 65.0 Å². The fourth-order valence-corrected chi connectivity index (χ4v) is 2.94. The molecule has 3 rings (SSSR count). The maximum atomic E-state index is 13.3. The van der Waals surface area contributed by atoms with Gasteiger partial charge in [-0.3, -0.25) is 0 Å². The second-order valence-electron chi connectivity index (χ2n) is 5.66. The summed E-state index contributed by atoms with van der Waals surface area (Å²) in [6.45, 7) is 0.104. The van der Waals surface area contributed by atoms with Gasteiger partial charge < -0.3 is 10.0 Å². The van der Waals surface area contributed by atoms with Crippen LogP contribution in [0, 0.1) is 5.82 Å². The Labute approximate surface area is 135 Å². The highest BCUT2D eigenvalue weighted by molar-refractivity contribution is 5.82. The van der Waals surface area contributed by atoms with E-state index in [1.54, 1.807) is 6.07 Å². The lowest BCUT2D eigenvalue weighted by Crippen LogP contribution is -2.38. The summed E-state index contributed by atoms with van der Waals surface area (Å²) in [5.74, 6) is -1.58. The van der Waals surface area contributed by atoms with Crippen molar-refractivity contribution in [2.24, 2.45) is 0 Å². The Morgan fingerprint density at radius 1 is 1.21 bits per heavy atom. The van der Waals surface area contributed by atoms with Crippen LogP contribution in [0.15, 0.2) is 42.5 Å². The Kier molecular flexibility index (Phi) is 3.95. The maximum absolute atomic E-state index is 13.3. The van der Waals surface area contributed by atoms with E-state index < -0.39 is 29.6 Å². The van der Waals surface area contributed by atoms with Crippen molar-refractivity contribution in [3.63, 3.8) is 0 Å². The maximum Gasteiger partial charge on any atom is 0.416 e. The summed E-state index contributed by atoms with van der Waals surface area (Å²) in [6.07, 6.45) is -4.51. The highest BCUT2D eigenvalue weighted by Gasteiger charge is 2.37. The second kappa shape index (κ2) is 5.81. The molecule has 3 nitrogen and oxygen atoms in total. The normalized spacial score (nSPS) is 17.0. The molecule has 0 amide bonds. The largest absolute Gasteiger partial charge is 0.480 e. The first-order valence-electron chi connectivity index (χ1n) is 7.20. The van der Waals surface area contributed by atoms with E-state index in [9.17, 15) is 27.5 Å². The number of alkyl halides is 3. The average molecular weight is 339 g/mol. The van der Waals surface area contributed by atoms with Crippen LogP contribution in [0.1, 0.15) is 16.7 Å². The number of carboxylic acids is 1. The van der Waals surface area contributed by atoms with Gasteiger partial charge in [-0.15, -0.1) is 0 Å². The van der Waals surface area contributed by atoms with E-state index in [1.807, 2.05) is 0 Å². The van der Waals surface area contributed by atoms with Crippen molar-refractivity contribution in [2.45, 2.75) is 25.2 Å². The average Bonchev–Trinajstić information content (AvgIpc) is 2.85.